The summed E-state index contributed by atoms with van der Waals surface area (Å²) < 4.78 is 6.86. The van der Waals surface area contributed by atoms with Crippen LogP contribution in [0.15, 0.2) is 45.4 Å². The van der Waals surface area contributed by atoms with Gasteiger partial charge in [-0.25, -0.2) is 0 Å². The maximum Gasteiger partial charge on any atom is 0.193 e. The van der Waals surface area contributed by atoms with Crippen LogP contribution in [0.25, 0.3) is 0 Å². The van der Waals surface area contributed by atoms with Crippen molar-refractivity contribution in [2.45, 2.75) is 6.54 Å². The Morgan fingerprint density at radius 2 is 2.11 bits per heavy atom. The highest BCUT2D eigenvalue weighted by molar-refractivity contribution is 14.0. The van der Waals surface area contributed by atoms with Crippen LogP contribution in [0.3, 0.4) is 0 Å². The minimum atomic E-state index is 0. The molecule has 0 bridgehead atoms. The number of thiophene rings is 1. The summed E-state index contributed by atoms with van der Waals surface area (Å²) in [6, 6.07) is 8.10. The summed E-state index contributed by atoms with van der Waals surface area (Å²) in [5, 5.41) is 3.39. The minimum absolute atomic E-state index is 0. The average molecular weight is 566 g/mol. The molecule has 0 aromatic carbocycles. The third-order valence-electron chi connectivity index (χ3n) is 4.18. The SMILES string of the molecule is CN=C(NCCOc1cccnc1)N1CCN(Cc2ccc(Br)s2)CC1.I. The van der Waals surface area contributed by atoms with Gasteiger partial charge >= 0.3 is 0 Å². The Morgan fingerprint density at radius 3 is 2.74 bits per heavy atom. The van der Waals surface area contributed by atoms with E-state index in [4.69, 9.17) is 4.74 Å². The van der Waals surface area contributed by atoms with Gasteiger partial charge in [-0.15, -0.1) is 35.3 Å². The monoisotopic (exact) mass is 565 g/mol. The lowest BCUT2D eigenvalue weighted by molar-refractivity contribution is 0.173. The zero-order valence-electron chi connectivity index (χ0n) is 15.3. The van der Waals surface area contributed by atoms with Crippen LogP contribution >= 0.6 is 51.2 Å². The van der Waals surface area contributed by atoms with E-state index in [9.17, 15) is 0 Å². The molecule has 0 aliphatic carbocycles. The van der Waals surface area contributed by atoms with Crippen molar-refractivity contribution < 1.29 is 4.74 Å². The number of nitrogens with zero attached hydrogens (tertiary/aromatic N) is 4. The van der Waals surface area contributed by atoms with Gasteiger partial charge in [-0.3, -0.25) is 14.9 Å². The first kappa shape index (κ1) is 22.4. The molecule has 1 aliphatic rings. The Hall–Kier alpha value is -0.910. The summed E-state index contributed by atoms with van der Waals surface area (Å²) in [5.74, 6) is 1.73. The van der Waals surface area contributed by atoms with E-state index in [1.54, 1.807) is 12.4 Å². The van der Waals surface area contributed by atoms with Crippen molar-refractivity contribution in [2.75, 3.05) is 46.4 Å². The van der Waals surface area contributed by atoms with Gasteiger partial charge in [0.25, 0.3) is 0 Å². The maximum absolute atomic E-state index is 5.66. The smallest absolute Gasteiger partial charge is 0.193 e. The van der Waals surface area contributed by atoms with Crippen LogP contribution in [0, 0.1) is 0 Å². The number of halogens is 2. The molecule has 1 aliphatic heterocycles. The standard InChI is InChI=1S/C18H24BrN5OS.HI/c1-20-18(22-7-12-25-15-3-2-6-21-13-15)24-10-8-23(9-11-24)14-16-4-5-17(19)26-16;/h2-6,13H,7-12,14H2,1H3,(H,20,22);1H. The Labute approximate surface area is 190 Å². The molecule has 0 spiro atoms. The van der Waals surface area contributed by atoms with Gasteiger partial charge in [0.05, 0.1) is 16.5 Å². The quantitative estimate of drug-likeness (QED) is 0.252. The van der Waals surface area contributed by atoms with Crippen molar-refractivity contribution in [2.24, 2.45) is 4.99 Å². The average Bonchev–Trinajstić information content (AvgIpc) is 3.08. The van der Waals surface area contributed by atoms with Crippen LogP contribution < -0.4 is 10.1 Å². The van der Waals surface area contributed by atoms with E-state index in [-0.39, 0.29) is 24.0 Å². The van der Waals surface area contributed by atoms with Gasteiger partial charge in [-0.05, 0) is 40.2 Å². The molecule has 0 saturated carbocycles. The van der Waals surface area contributed by atoms with Crippen LogP contribution in [-0.2, 0) is 6.54 Å². The summed E-state index contributed by atoms with van der Waals surface area (Å²) in [6.07, 6.45) is 3.46. The fourth-order valence-corrected chi connectivity index (χ4v) is 4.40. The van der Waals surface area contributed by atoms with E-state index in [0.717, 1.165) is 44.4 Å². The summed E-state index contributed by atoms with van der Waals surface area (Å²) in [4.78, 5) is 14.7. The van der Waals surface area contributed by atoms with E-state index in [2.05, 4.69) is 53.2 Å². The molecule has 1 fully saturated rings. The Balaban J connectivity index is 0.00000261. The molecule has 3 rings (SSSR count). The fraction of sp³-hybridized carbons (Fsp3) is 0.444. The summed E-state index contributed by atoms with van der Waals surface area (Å²) in [7, 11) is 1.83. The molecule has 0 atom stereocenters. The molecule has 3 heterocycles. The Bertz CT molecular complexity index is 707. The van der Waals surface area contributed by atoms with E-state index < -0.39 is 0 Å². The van der Waals surface area contributed by atoms with Gasteiger partial charge in [-0.1, -0.05) is 0 Å². The van der Waals surface area contributed by atoms with E-state index in [1.165, 1.54) is 8.66 Å². The van der Waals surface area contributed by atoms with Crippen molar-refractivity contribution in [3.8, 4) is 5.75 Å². The molecular formula is C18H25BrIN5OS. The van der Waals surface area contributed by atoms with Crippen molar-refractivity contribution in [3.05, 3.63) is 45.3 Å². The van der Waals surface area contributed by atoms with Gasteiger partial charge in [-0.2, -0.15) is 0 Å². The van der Waals surface area contributed by atoms with Crippen molar-refractivity contribution in [1.29, 1.82) is 0 Å². The first-order chi connectivity index (χ1) is 12.7. The number of piperazine rings is 1. The third-order valence-corrected chi connectivity index (χ3v) is 5.79. The number of guanidine groups is 1. The Kier molecular flexibility index (Phi) is 9.80. The molecule has 2 aromatic rings. The number of nitrogens with one attached hydrogen (secondary N) is 1. The van der Waals surface area contributed by atoms with Crippen LogP contribution in [0.5, 0.6) is 5.75 Å². The first-order valence-electron chi connectivity index (χ1n) is 8.69. The van der Waals surface area contributed by atoms with E-state index >= 15 is 0 Å². The molecule has 27 heavy (non-hydrogen) atoms. The number of rotatable bonds is 6. The van der Waals surface area contributed by atoms with Crippen LogP contribution in [0.2, 0.25) is 0 Å². The lowest BCUT2D eigenvalue weighted by atomic mass is 10.3. The number of aliphatic imine (C=N–C) groups is 1. The van der Waals surface area contributed by atoms with Crippen molar-refractivity contribution in [3.63, 3.8) is 0 Å². The maximum atomic E-state index is 5.66. The number of pyridine rings is 1. The zero-order chi connectivity index (χ0) is 18.2. The van der Waals surface area contributed by atoms with Crippen LogP contribution in [0.1, 0.15) is 4.88 Å². The summed E-state index contributed by atoms with van der Waals surface area (Å²) in [5.41, 5.74) is 0. The highest BCUT2D eigenvalue weighted by Crippen LogP contribution is 2.23. The number of ether oxygens (including phenoxy) is 1. The Morgan fingerprint density at radius 1 is 1.30 bits per heavy atom. The topological polar surface area (TPSA) is 53.0 Å². The molecule has 6 nitrogen and oxygen atoms in total. The number of hydrogen-bond donors (Lipinski definition) is 1. The lowest BCUT2D eigenvalue weighted by Crippen LogP contribution is -2.52. The predicted octanol–water partition coefficient (Wildman–Crippen LogP) is 3.30. The van der Waals surface area contributed by atoms with Gasteiger partial charge in [0.1, 0.15) is 12.4 Å². The second-order valence-corrected chi connectivity index (χ2v) is 8.53. The van der Waals surface area contributed by atoms with Crippen molar-refractivity contribution >= 4 is 57.2 Å². The molecule has 0 unspecified atom stereocenters. The highest BCUT2D eigenvalue weighted by atomic mass is 127. The van der Waals surface area contributed by atoms with Crippen LogP contribution in [-0.4, -0.2) is 67.1 Å². The minimum Gasteiger partial charge on any atom is -0.490 e. The molecule has 1 N–H and O–H groups in total. The van der Waals surface area contributed by atoms with Gasteiger partial charge in [0.2, 0.25) is 0 Å². The lowest BCUT2D eigenvalue weighted by Gasteiger charge is -2.36. The van der Waals surface area contributed by atoms with Gasteiger partial charge < -0.3 is 15.0 Å². The van der Waals surface area contributed by atoms with E-state index in [0.29, 0.717) is 13.2 Å². The third kappa shape index (κ3) is 7.20. The summed E-state index contributed by atoms with van der Waals surface area (Å²) >= 11 is 5.35. The second kappa shape index (κ2) is 11.8. The molecule has 148 valence electrons. The molecule has 2 aromatic heterocycles. The molecular weight excluding hydrogens is 541 g/mol. The van der Waals surface area contributed by atoms with Gasteiger partial charge in [0, 0.05) is 50.8 Å². The molecule has 9 heteroatoms. The number of hydrogen-bond acceptors (Lipinski definition) is 5. The van der Waals surface area contributed by atoms with E-state index in [1.807, 2.05) is 30.5 Å². The second-order valence-electron chi connectivity index (χ2n) is 5.98. The van der Waals surface area contributed by atoms with Crippen molar-refractivity contribution in [1.82, 2.24) is 20.1 Å². The van der Waals surface area contributed by atoms with Gasteiger partial charge in [0.15, 0.2) is 5.96 Å². The molecule has 0 amide bonds. The molecule has 0 radical (unpaired) electrons. The largest absolute Gasteiger partial charge is 0.490 e. The number of aromatic nitrogens is 1. The van der Waals surface area contributed by atoms with Crippen LogP contribution in [0.4, 0.5) is 0 Å². The normalized spacial score (nSPS) is 15.3. The highest BCUT2D eigenvalue weighted by Gasteiger charge is 2.19. The fourth-order valence-electron chi connectivity index (χ4n) is 2.87. The molecule has 1 saturated heterocycles. The summed E-state index contributed by atoms with van der Waals surface area (Å²) in [6.45, 7) is 6.37. The zero-order valence-corrected chi connectivity index (χ0v) is 20.0. The predicted molar refractivity (Wildman–Crippen MR) is 125 cm³/mol. The first-order valence-corrected chi connectivity index (χ1v) is 10.3.